The van der Waals surface area contributed by atoms with E-state index in [0.29, 0.717) is 0 Å². The number of hydrogen-bond acceptors (Lipinski definition) is 4. The molecule has 2 aliphatic rings. The first-order valence-electron chi connectivity index (χ1n) is 5.44. The second-order valence-electron chi connectivity index (χ2n) is 3.83. The predicted molar refractivity (Wildman–Crippen MR) is 67.4 cm³/mol. The Labute approximate surface area is 94.7 Å². The molecule has 1 N–H and O–H groups in total. The van der Waals surface area contributed by atoms with Gasteiger partial charge in [0.1, 0.15) is 0 Å². The fourth-order valence-electron chi connectivity index (χ4n) is 1.75. The summed E-state index contributed by atoms with van der Waals surface area (Å²) >= 11 is 3.98. The van der Waals surface area contributed by atoms with Crippen LogP contribution in [0.15, 0.2) is 4.99 Å². The Kier molecular flexibility index (Phi) is 4.51. The van der Waals surface area contributed by atoms with E-state index < -0.39 is 0 Å². The summed E-state index contributed by atoms with van der Waals surface area (Å²) in [5, 5.41) is 4.68. The zero-order valence-corrected chi connectivity index (χ0v) is 10.1. The maximum atomic E-state index is 4.48. The largest absolute Gasteiger partial charge is 0.365 e. The van der Waals surface area contributed by atoms with Crippen LogP contribution in [0.2, 0.25) is 0 Å². The smallest absolute Gasteiger partial charge is 0.156 e. The molecule has 0 atom stereocenters. The Balaban J connectivity index is 1.67. The first-order valence-corrected chi connectivity index (χ1v) is 7.58. The standard InChI is InChI=1S/C10H18N2S2/c1-4-11-10(14-5-1)12-8-9-2-6-13-7-3-9/h9H,1-8H2,(H,11,12). The highest BCUT2D eigenvalue weighted by atomic mass is 32.2. The molecule has 1 fully saturated rings. The van der Waals surface area contributed by atoms with Gasteiger partial charge in [-0.25, -0.2) is 0 Å². The van der Waals surface area contributed by atoms with Crippen LogP contribution in [0, 0.1) is 5.92 Å². The van der Waals surface area contributed by atoms with Crippen LogP contribution in [0.25, 0.3) is 0 Å². The molecule has 1 saturated heterocycles. The minimum atomic E-state index is 0.890. The van der Waals surface area contributed by atoms with E-state index in [4.69, 9.17) is 0 Å². The molecule has 0 radical (unpaired) electrons. The zero-order chi connectivity index (χ0) is 9.64. The van der Waals surface area contributed by atoms with E-state index in [0.717, 1.165) is 19.0 Å². The second kappa shape index (κ2) is 5.91. The summed E-state index contributed by atoms with van der Waals surface area (Å²) in [5.41, 5.74) is 0. The Morgan fingerprint density at radius 1 is 1.29 bits per heavy atom. The van der Waals surface area contributed by atoms with Crippen molar-refractivity contribution in [3.8, 4) is 0 Å². The van der Waals surface area contributed by atoms with Crippen LogP contribution in [-0.4, -0.2) is 35.5 Å². The number of rotatable bonds is 2. The normalized spacial score (nSPS) is 24.4. The number of nitrogens with zero attached hydrogens (tertiary/aromatic N) is 1. The maximum Gasteiger partial charge on any atom is 0.156 e. The molecule has 14 heavy (non-hydrogen) atoms. The summed E-state index contributed by atoms with van der Waals surface area (Å²) in [6, 6.07) is 0. The summed E-state index contributed by atoms with van der Waals surface area (Å²) in [5.74, 6) is 4.84. The SMILES string of the molecule is C1CN=C(NCC2CCSCC2)SC1. The monoisotopic (exact) mass is 230 g/mol. The minimum Gasteiger partial charge on any atom is -0.365 e. The highest BCUT2D eigenvalue weighted by Crippen LogP contribution is 2.22. The van der Waals surface area contributed by atoms with Gasteiger partial charge in [0.05, 0.1) is 0 Å². The number of hydrogen-bond donors (Lipinski definition) is 1. The van der Waals surface area contributed by atoms with E-state index in [1.807, 2.05) is 11.8 Å². The number of nitrogens with one attached hydrogen (secondary N) is 1. The van der Waals surface area contributed by atoms with Crippen molar-refractivity contribution in [3.63, 3.8) is 0 Å². The number of aliphatic imine (C=N–C) groups is 1. The first-order chi connectivity index (χ1) is 6.95. The van der Waals surface area contributed by atoms with Crippen molar-refractivity contribution in [1.29, 1.82) is 0 Å². The maximum absolute atomic E-state index is 4.48. The van der Waals surface area contributed by atoms with Crippen LogP contribution in [0.4, 0.5) is 0 Å². The fraction of sp³-hybridized carbons (Fsp3) is 0.900. The van der Waals surface area contributed by atoms with Crippen LogP contribution in [-0.2, 0) is 0 Å². The number of thioether (sulfide) groups is 2. The molecule has 0 spiro atoms. The van der Waals surface area contributed by atoms with Crippen molar-refractivity contribution in [3.05, 3.63) is 0 Å². The van der Waals surface area contributed by atoms with Gasteiger partial charge in [0.15, 0.2) is 5.17 Å². The third kappa shape index (κ3) is 3.39. The summed E-state index contributed by atoms with van der Waals surface area (Å²) in [6.45, 7) is 2.17. The van der Waals surface area contributed by atoms with E-state index in [2.05, 4.69) is 22.1 Å². The molecule has 80 valence electrons. The van der Waals surface area contributed by atoms with Gasteiger partial charge in [-0.05, 0) is 36.7 Å². The van der Waals surface area contributed by atoms with Crippen molar-refractivity contribution >= 4 is 28.7 Å². The van der Waals surface area contributed by atoms with Crippen LogP contribution in [0.1, 0.15) is 19.3 Å². The molecule has 0 aliphatic carbocycles. The third-order valence-electron chi connectivity index (χ3n) is 2.68. The Morgan fingerprint density at radius 3 is 2.86 bits per heavy atom. The summed E-state index contributed by atoms with van der Waals surface area (Å²) in [7, 11) is 0. The molecule has 0 aromatic heterocycles. The molecule has 0 bridgehead atoms. The highest BCUT2D eigenvalue weighted by molar-refractivity contribution is 8.13. The quantitative estimate of drug-likeness (QED) is 0.787. The lowest BCUT2D eigenvalue weighted by molar-refractivity contribution is 0.483. The van der Waals surface area contributed by atoms with E-state index in [1.54, 1.807) is 0 Å². The molecule has 0 unspecified atom stereocenters. The molecule has 0 aromatic rings. The van der Waals surface area contributed by atoms with Gasteiger partial charge >= 0.3 is 0 Å². The van der Waals surface area contributed by atoms with Gasteiger partial charge in [0.25, 0.3) is 0 Å². The molecule has 0 aromatic carbocycles. The van der Waals surface area contributed by atoms with Gasteiger partial charge < -0.3 is 5.32 Å². The predicted octanol–water partition coefficient (Wildman–Crippen LogP) is 2.21. The molecule has 2 heterocycles. The lowest BCUT2D eigenvalue weighted by atomic mass is 10.0. The Hall–Kier alpha value is 0.170. The molecule has 0 saturated carbocycles. The number of amidine groups is 1. The molecule has 0 amide bonds. The van der Waals surface area contributed by atoms with Crippen molar-refractivity contribution in [1.82, 2.24) is 5.32 Å². The Morgan fingerprint density at radius 2 is 2.14 bits per heavy atom. The summed E-state index contributed by atoms with van der Waals surface area (Å²) in [6.07, 6.45) is 4.02. The van der Waals surface area contributed by atoms with Crippen molar-refractivity contribution in [2.75, 3.05) is 30.3 Å². The minimum absolute atomic E-state index is 0.890. The van der Waals surface area contributed by atoms with Gasteiger partial charge in [-0.15, -0.1) is 0 Å². The molecule has 2 aliphatic heterocycles. The summed E-state index contributed by atoms with van der Waals surface area (Å²) in [4.78, 5) is 4.48. The third-order valence-corrected chi connectivity index (χ3v) is 4.77. The Bertz CT molecular complexity index is 200. The lowest BCUT2D eigenvalue weighted by Crippen LogP contribution is -2.30. The molecule has 4 heteroatoms. The molecular formula is C10H18N2S2. The second-order valence-corrected chi connectivity index (χ2v) is 6.13. The zero-order valence-electron chi connectivity index (χ0n) is 8.50. The van der Waals surface area contributed by atoms with Crippen molar-refractivity contribution < 1.29 is 0 Å². The van der Waals surface area contributed by atoms with E-state index >= 15 is 0 Å². The van der Waals surface area contributed by atoms with Gasteiger partial charge in [-0.2, -0.15) is 11.8 Å². The van der Waals surface area contributed by atoms with Crippen LogP contribution in [0.5, 0.6) is 0 Å². The van der Waals surface area contributed by atoms with E-state index in [-0.39, 0.29) is 0 Å². The molecule has 2 nitrogen and oxygen atoms in total. The first kappa shape index (κ1) is 10.7. The highest BCUT2D eigenvalue weighted by Gasteiger charge is 2.14. The van der Waals surface area contributed by atoms with Crippen molar-refractivity contribution in [2.24, 2.45) is 10.9 Å². The van der Waals surface area contributed by atoms with Gasteiger partial charge in [-0.3, -0.25) is 4.99 Å². The van der Waals surface area contributed by atoms with Crippen LogP contribution in [0.3, 0.4) is 0 Å². The topological polar surface area (TPSA) is 24.4 Å². The van der Waals surface area contributed by atoms with Gasteiger partial charge in [0.2, 0.25) is 0 Å². The van der Waals surface area contributed by atoms with E-state index in [1.165, 1.54) is 41.7 Å². The summed E-state index contributed by atoms with van der Waals surface area (Å²) < 4.78 is 0. The van der Waals surface area contributed by atoms with Gasteiger partial charge in [-0.1, -0.05) is 11.8 Å². The van der Waals surface area contributed by atoms with Gasteiger partial charge in [0, 0.05) is 18.8 Å². The molecular weight excluding hydrogens is 212 g/mol. The fourth-order valence-corrected chi connectivity index (χ4v) is 3.79. The lowest BCUT2D eigenvalue weighted by Gasteiger charge is -2.23. The van der Waals surface area contributed by atoms with E-state index in [9.17, 15) is 0 Å². The average Bonchev–Trinajstić information content (AvgIpc) is 2.29. The van der Waals surface area contributed by atoms with Crippen molar-refractivity contribution in [2.45, 2.75) is 19.3 Å². The van der Waals surface area contributed by atoms with Crippen LogP contribution >= 0.6 is 23.5 Å². The van der Waals surface area contributed by atoms with Crippen LogP contribution < -0.4 is 5.32 Å². The average molecular weight is 230 g/mol. The molecule has 2 rings (SSSR count).